The number of anilines is 1. The number of thioether (sulfide) groups is 1. The predicted molar refractivity (Wildman–Crippen MR) is 134 cm³/mol. The number of methoxy groups -OCH3 is 1. The molecule has 1 aliphatic rings. The van der Waals surface area contributed by atoms with E-state index in [4.69, 9.17) is 14.7 Å². The molecule has 0 radical (unpaired) electrons. The molecule has 3 aromatic carbocycles. The first-order chi connectivity index (χ1) is 15.9. The first-order valence-corrected chi connectivity index (χ1v) is 11.5. The highest BCUT2D eigenvalue weighted by Gasteiger charge is 2.18. The summed E-state index contributed by atoms with van der Waals surface area (Å²) in [6.07, 6.45) is 0.484. The standard InChI is InChI=1S/C26H24FN3O2S/c1-16-10-23-24(11-17(16)2)30-26(14-22(29-23)18-6-4-9-21(12-18)32-3)33-15-25(31)28-20-8-5-7-19(27)13-20/h4-13H,14-15H2,1-3H3,(H,28,31). The van der Waals surface area contributed by atoms with Gasteiger partial charge < -0.3 is 10.1 Å². The van der Waals surface area contributed by atoms with Gasteiger partial charge in [-0.05, 0) is 67.4 Å². The van der Waals surface area contributed by atoms with Crippen LogP contribution in [0, 0.1) is 19.7 Å². The monoisotopic (exact) mass is 461 g/mol. The Morgan fingerprint density at radius 3 is 2.48 bits per heavy atom. The lowest BCUT2D eigenvalue weighted by Gasteiger charge is -2.09. The van der Waals surface area contributed by atoms with Crippen molar-refractivity contribution in [3.05, 3.63) is 83.2 Å². The first kappa shape index (κ1) is 22.7. The number of nitrogens with one attached hydrogen (secondary N) is 1. The van der Waals surface area contributed by atoms with Gasteiger partial charge in [0, 0.05) is 17.7 Å². The van der Waals surface area contributed by atoms with Crippen molar-refractivity contribution in [2.24, 2.45) is 9.98 Å². The molecule has 1 heterocycles. The molecule has 1 aliphatic heterocycles. The molecular weight excluding hydrogens is 437 g/mol. The third-order valence-electron chi connectivity index (χ3n) is 5.29. The van der Waals surface area contributed by atoms with Crippen molar-refractivity contribution < 1.29 is 13.9 Å². The van der Waals surface area contributed by atoms with Crippen LogP contribution in [0.4, 0.5) is 21.5 Å². The van der Waals surface area contributed by atoms with Crippen LogP contribution < -0.4 is 10.1 Å². The average molecular weight is 462 g/mol. The fraction of sp³-hybridized carbons (Fsp3) is 0.192. The maximum absolute atomic E-state index is 13.4. The zero-order chi connectivity index (χ0) is 23.4. The number of aliphatic imine (C=N–C) groups is 2. The van der Waals surface area contributed by atoms with Crippen LogP contribution in [-0.2, 0) is 4.79 Å². The molecule has 0 aromatic heterocycles. The van der Waals surface area contributed by atoms with Crippen LogP contribution in [0.2, 0.25) is 0 Å². The van der Waals surface area contributed by atoms with E-state index >= 15 is 0 Å². The second-order valence-electron chi connectivity index (χ2n) is 7.75. The van der Waals surface area contributed by atoms with E-state index in [1.165, 1.54) is 23.9 Å². The Bertz CT molecular complexity index is 1270. The Morgan fingerprint density at radius 1 is 1.03 bits per heavy atom. The molecule has 0 spiro atoms. The van der Waals surface area contributed by atoms with Gasteiger partial charge in [-0.3, -0.25) is 9.79 Å². The van der Waals surface area contributed by atoms with Gasteiger partial charge in [0.2, 0.25) is 5.91 Å². The normalized spacial score (nSPS) is 12.8. The summed E-state index contributed by atoms with van der Waals surface area (Å²) >= 11 is 1.36. The van der Waals surface area contributed by atoms with E-state index in [9.17, 15) is 9.18 Å². The van der Waals surface area contributed by atoms with Gasteiger partial charge in [-0.25, -0.2) is 9.38 Å². The molecule has 1 amide bonds. The van der Waals surface area contributed by atoms with Crippen molar-refractivity contribution in [2.45, 2.75) is 20.3 Å². The molecule has 0 saturated carbocycles. The maximum Gasteiger partial charge on any atom is 0.234 e. The second-order valence-corrected chi connectivity index (χ2v) is 8.79. The Hall–Kier alpha value is -3.45. The van der Waals surface area contributed by atoms with E-state index in [1.54, 1.807) is 19.2 Å². The molecule has 1 N–H and O–H groups in total. The van der Waals surface area contributed by atoms with Gasteiger partial charge >= 0.3 is 0 Å². The molecule has 0 fully saturated rings. The summed E-state index contributed by atoms with van der Waals surface area (Å²) in [6.45, 7) is 4.10. The van der Waals surface area contributed by atoms with Gasteiger partial charge in [0.1, 0.15) is 11.6 Å². The highest BCUT2D eigenvalue weighted by atomic mass is 32.2. The summed E-state index contributed by atoms with van der Waals surface area (Å²) in [5.41, 5.74) is 6.08. The largest absolute Gasteiger partial charge is 0.497 e. The lowest BCUT2D eigenvalue weighted by molar-refractivity contribution is -0.113. The Labute approximate surface area is 196 Å². The van der Waals surface area contributed by atoms with Crippen LogP contribution in [-0.4, -0.2) is 29.5 Å². The van der Waals surface area contributed by atoms with Crippen molar-refractivity contribution in [1.82, 2.24) is 0 Å². The summed E-state index contributed by atoms with van der Waals surface area (Å²) in [6, 6.07) is 17.7. The highest BCUT2D eigenvalue weighted by Crippen LogP contribution is 2.36. The van der Waals surface area contributed by atoms with Gasteiger partial charge in [0.05, 0.1) is 35.0 Å². The lowest BCUT2D eigenvalue weighted by atomic mass is 10.1. The van der Waals surface area contributed by atoms with E-state index in [0.717, 1.165) is 44.6 Å². The molecule has 33 heavy (non-hydrogen) atoms. The third kappa shape index (κ3) is 5.68. The molecule has 0 aliphatic carbocycles. The molecule has 7 heteroatoms. The van der Waals surface area contributed by atoms with Crippen molar-refractivity contribution >= 4 is 45.5 Å². The Morgan fingerprint density at radius 2 is 1.76 bits per heavy atom. The highest BCUT2D eigenvalue weighted by molar-refractivity contribution is 8.14. The third-order valence-corrected chi connectivity index (χ3v) is 6.27. The number of aryl methyl sites for hydroxylation is 2. The molecular formula is C26H24FN3O2S. The van der Waals surface area contributed by atoms with E-state index < -0.39 is 5.82 Å². The van der Waals surface area contributed by atoms with Crippen LogP contribution in [0.25, 0.3) is 0 Å². The molecule has 0 atom stereocenters. The Balaban J connectivity index is 1.60. The van der Waals surface area contributed by atoms with E-state index in [0.29, 0.717) is 12.1 Å². The number of nitrogens with zero attached hydrogens (tertiary/aromatic N) is 2. The maximum atomic E-state index is 13.4. The van der Waals surface area contributed by atoms with Gasteiger partial charge in [-0.2, -0.15) is 0 Å². The molecule has 168 valence electrons. The molecule has 0 saturated heterocycles. The van der Waals surface area contributed by atoms with Crippen LogP contribution in [0.5, 0.6) is 5.75 Å². The second kappa shape index (κ2) is 10.0. The van der Waals surface area contributed by atoms with Crippen molar-refractivity contribution in [3.8, 4) is 5.75 Å². The van der Waals surface area contributed by atoms with Crippen LogP contribution in [0.1, 0.15) is 23.1 Å². The van der Waals surface area contributed by atoms with Gasteiger partial charge in [0.25, 0.3) is 0 Å². The Kier molecular flexibility index (Phi) is 6.89. The minimum Gasteiger partial charge on any atom is -0.497 e. The topological polar surface area (TPSA) is 63.1 Å². The number of benzene rings is 3. The van der Waals surface area contributed by atoms with Crippen molar-refractivity contribution in [1.29, 1.82) is 0 Å². The average Bonchev–Trinajstić information content (AvgIpc) is 2.97. The number of rotatable bonds is 5. The summed E-state index contributed by atoms with van der Waals surface area (Å²) in [4.78, 5) is 22.3. The van der Waals surface area contributed by atoms with Crippen molar-refractivity contribution in [2.75, 3.05) is 18.2 Å². The predicted octanol–water partition coefficient (Wildman–Crippen LogP) is 6.38. The number of carbonyl (C=O) groups excluding carboxylic acids is 1. The van der Waals surface area contributed by atoms with E-state index in [1.807, 2.05) is 43.3 Å². The number of hydrogen-bond acceptors (Lipinski definition) is 5. The number of fused-ring (bicyclic) bond motifs is 1. The molecule has 3 aromatic rings. The quantitative estimate of drug-likeness (QED) is 0.480. The van der Waals surface area contributed by atoms with Gasteiger partial charge in [-0.15, -0.1) is 11.8 Å². The van der Waals surface area contributed by atoms with E-state index in [-0.39, 0.29) is 11.7 Å². The van der Waals surface area contributed by atoms with Crippen LogP contribution in [0.15, 0.2) is 70.6 Å². The number of ether oxygens (including phenoxy) is 1. The van der Waals surface area contributed by atoms with Crippen LogP contribution >= 0.6 is 11.8 Å². The summed E-state index contributed by atoms with van der Waals surface area (Å²) in [5.74, 6) is 0.286. The van der Waals surface area contributed by atoms with E-state index in [2.05, 4.69) is 12.2 Å². The summed E-state index contributed by atoms with van der Waals surface area (Å²) in [5, 5.41) is 3.52. The number of amides is 1. The van der Waals surface area contributed by atoms with Crippen molar-refractivity contribution in [3.63, 3.8) is 0 Å². The summed E-state index contributed by atoms with van der Waals surface area (Å²) < 4.78 is 18.8. The zero-order valence-corrected chi connectivity index (χ0v) is 19.5. The number of carbonyl (C=O) groups is 1. The smallest absolute Gasteiger partial charge is 0.234 e. The fourth-order valence-electron chi connectivity index (χ4n) is 3.43. The summed E-state index contributed by atoms with van der Waals surface area (Å²) in [7, 11) is 1.63. The number of hydrogen-bond donors (Lipinski definition) is 1. The zero-order valence-electron chi connectivity index (χ0n) is 18.7. The molecule has 4 rings (SSSR count). The lowest BCUT2D eigenvalue weighted by Crippen LogP contribution is -2.16. The molecule has 5 nitrogen and oxygen atoms in total. The first-order valence-electron chi connectivity index (χ1n) is 10.5. The molecule has 0 bridgehead atoms. The van der Waals surface area contributed by atoms with Gasteiger partial charge in [-0.1, -0.05) is 18.2 Å². The van der Waals surface area contributed by atoms with Gasteiger partial charge in [0.15, 0.2) is 0 Å². The minimum atomic E-state index is -0.394. The number of halogens is 1. The fourth-order valence-corrected chi connectivity index (χ4v) is 4.20. The SMILES string of the molecule is COc1cccc(C2=Nc3cc(C)c(C)cc3N=C(SCC(=O)Nc3cccc(F)c3)C2)c1. The van der Waals surface area contributed by atoms with Crippen LogP contribution in [0.3, 0.4) is 0 Å². The molecule has 0 unspecified atom stereocenters. The minimum absolute atomic E-state index is 0.154.